The van der Waals surface area contributed by atoms with E-state index < -0.39 is 8.07 Å². The minimum Gasteiger partial charge on any atom is -1.00 e. The zero-order chi connectivity index (χ0) is 33.1. The molecule has 3 aliphatic rings. The fraction of sp³-hybridized carbons (Fsp3) is 0.349. The molecule has 0 bridgehead atoms. The number of rotatable bonds is 2. The van der Waals surface area contributed by atoms with Gasteiger partial charge in [0.2, 0.25) is 0 Å². The predicted molar refractivity (Wildman–Crippen MR) is 200 cm³/mol. The third kappa shape index (κ3) is 8.10. The summed E-state index contributed by atoms with van der Waals surface area (Å²) in [5, 5.41) is 7.17. The Labute approximate surface area is 313 Å². The Kier molecular flexibility index (Phi) is 12.2. The third-order valence-electron chi connectivity index (χ3n) is 9.69. The van der Waals surface area contributed by atoms with Crippen LogP contribution in [-0.2, 0) is 35.1 Å². The van der Waals surface area contributed by atoms with E-state index in [1.807, 2.05) is 0 Å². The molecular formula is C43H50Cl2SiZr-2. The molecule has 0 aromatic heterocycles. The number of benzene rings is 3. The second-order valence-corrected chi connectivity index (χ2v) is 21.4. The number of fused-ring (bicyclic) bond motifs is 5. The van der Waals surface area contributed by atoms with Crippen LogP contribution in [0.1, 0.15) is 88.8 Å². The average molecular weight is 757 g/mol. The second-order valence-electron chi connectivity index (χ2n) is 15.7. The number of aryl methyl sites for hydroxylation is 1. The van der Waals surface area contributed by atoms with E-state index in [9.17, 15) is 0 Å². The normalized spacial score (nSPS) is 18.2. The fourth-order valence-electron chi connectivity index (χ4n) is 7.53. The van der Waals surface area contributed by atoms with Gasteiger partial charge in [-0.15, -0.1) is 39.7 Å². The van der Waals surface area contributed by atoms with Crippen LogP contribution < -0.4 is 24.8 Å². The largest absolute Gasteiger partial charge is 1.00 e. The topological polar surface area (TPSA) is 0 Å². The Bertz CT molecular complexity index is 1850. The van der Waals surface area contributed by atoms with Crippen LogP contribution in [0.3, 0.4) is 0 Å². The van der Waals surface area contributed by atoms with Crippen molar-refractivity contribution in [3.8, 4) is 0 Å². The molecule has 1 unspecified atom stereocenters. The molecule has 0 amide bonds. The number of halogens is 2. The number of hydrogen-bond acceptors (Lipinski definition) is 0. The van der Waals surface area contributed by atoms with E-state index in [2.05, 4.69) is 165 Å². The smallest absolute Gasteiger partial charge is 1.00 e. The van der Waals surface area contributed by atoms with Gasteiger partial charge >= 0.3 is 70.3 Å². The van der Waals surface area contributed by atoms with Gasteiger partial charge in [0, 0.05) is 10.8 Å². The molecule has 0 heterocycles. The van der Waals surface area contributed by atoms with Crippen molar-refractivity contribution >= 4 is 44.5 Å². The van der Waals surface area contributed by atoms with Crippen molar-refractivity contribution in [2.75, 3.05) is 0 Å². The minimum atomic E-state index is -1.07. The first-order valence-electron chi connectivity index (χ1n) is 16.4. The van der Waals surface area contributed by atoms with Gasteiger partial charge in [-0.3, -0.25) is 6.08 Å². The SMILES string of the molecule is CC1=CC(C)(C)c2cc3[cH-]c4cc5c(cc4c3cc21)C(C)=CC5(C)C.CC1=[C-]C(C)C=C1[Si](C)(C)C.Cc1ccc([CH]=[Zr+2])cc1.[Cl-].[Cl-]. The first-order chi connectivity index (χ1) is 20.9. The molecule has 0 spiro atoms. The Morgan fingerprint density at radius 1 is 0.745 bits per heavy atom. The van der Waals surface area contributed by atoms with Crippen molar-refractivity contribution in [2.45, 2.75) is 92.8 Å². The minimum absolute atomic E-state index is 0. The molecule has 0 radical (unpaired) electrons. The van der Waals surface area contributed by atoms with Crippen LogP contribution in [0, 0.1) is 18.9 Å². The van der Waals surface area contributed by atoms with Crippen molar-refractivity contribution in [1.82, 2.24) is 0 Å². The van der Waals surface area contributed by atoms with Gasteiger partial charge < -0.3 is 24.8 Å². The van der Waals surface area contributed by atoms with Gasteiger partial charge in [0.25, 0.3) is 0 Å². The van der Waals surface area contributed by atoms with Crippen LogP contribution in [0.2, 0.25) is 19.6 Å². The van der Waals surface area contributed by atoms with E-state index in [1.165, 1.54) is 95.9 Å². The standard InChI is InChI=1S/C25H25.C10H17Si.C8H8.2ClH.Zr/c1-14-12-24(3,4)22-8-16-7-17-9-23-19(15(2)13-25(23,5)6)11-21(17)20(16)10-18(14)22;1-8-6-9(2)10(7-8)11(3,4)5;1-7-3-5-8(2)6-4-7;;;/h7-13H,1-6H3;7-8H,1-5H3;1,3-6H,2H3;2*1H;/q2*-1;;;;+2/p-2. The van der Waals surface area contributed by atoms with Gasteiger partial charge in [0.1, 0.15) is 0 Å². The predicted octanol–water partition coefficient (Wildman–Crippen LogP) is 5.99. The van der Waals surface area contributed by atoms with Gasteiger partial charge in [0.15, 0.2) is 0 Å². The summed E-state index contributed by atoms with van der Waals surface area (Å²) in [7, 11) is -1.07. The molecule has 0 saturated carbocycles. The maximum absolute atomic E-state index is 3.43. The molecule has 7 rings (SSSR count). The summed E-state index contributed by atoms with van der Waals surface area (Å²) in [6.45, 7) is 27.5. The van der Waals surface area contributed by atoms with E-state index >= 15 is 0 Å². The van der Waals surface area contributed by atoms with E-state index in [1.54, 1.807) is 5.20 Å². The number of hydrogen-bond donors (Lipinski definition) is 0. The maximum Gasteiger partial charge on any atom is -1.00 e. The van der Waals surface area contributed by atoms with Gasteiger partial charge in [-0.25, -0.2) is 10.8 Å². The molecular weight excluding hydrogens is 707 g/mol. The molecule has 4 heteroatoms. The Balaban J connectivity index is 0.000000228. The summed E-state index contributed by atoms with van der Waals surface area (Å²) < 4.78 is 2.19. The summed E-state index contributed by atoms with van der Waals surface area (Å²) in [4.78, 5) is 0. The molecule has 4 aromatic carbocycles. The number of allylic oxidation sites excluding steroid dienone is 8. The van der Waals surface area contributed by atoms with E-state index in [-0.39, 0.29) is 35.6 Å². The van der Waals surface area contributed by atoms with Crippen LogP contribution in [0.15, 0.2) is 83.6 Å². The van der Waals surface area contributed by atoms with Crippen molar-refractivity contribution in [3.63, 3.8) is 0 Å². The van der Waals surface area contributed by atoms with Crippen molar-refractivity contribution in [3.05, 3.63) is 123 Å². The van der Waals surface area contributed by atoms with Crippen molar-refractivity contribution in [1.29, 1.82) is 0 Å². The van der Waals surface area contributed by atoms with Crippen molar-refractivity contribution < 1.29 is 49.0 Å². The van der Waals surface area contributed by atoms with Crippen molar-refractivity contribution in [2.24, 2.45) is 5.92 Å². The molecule has 3 aliphatic carbocycles. The second kappa shape index (κ2) is 14.5. The molecule has 0 saturated heterocycles. The molecule has 0 nitrogen and oxygen atoms in total. The van der Waals surface area contributed by atoms with Gasteiger partial charge in [-0.2, -0.15) is 6.08 Å². The summed E-state index contributed by atoms with van der Waals surface area (Å²) in [6.07, 6.45) is 10.6. The van der Waals surface area contributed by atoms with Gasteiger partial charge in [-0.05, 0) is 44.2 Å². The molecule has 246 valence electrons. The zero-order valence-corrected chi connectivity index (χ0v) is 35.3. The summed E-state index contributed by atoms with van der Waals surface area (Å²) in [5.74, 6) is 0.553. The fourth-order valence-corrected chi connectivity index (χ4v) is 9.95. The summed E-state index contributed by atoms with van der Waals surface area (Å²) in [6, 6.07) is 20.7. The first-order valence-corrected chi connectivity index (χ1v) is 21.3. The summed E-state index contributed by atoms with van der Waals surface area (Å²) in [5.41, 5.74) is 13.0. The molecule has 0 aliphatic heterocycles. The molecule has 0 fully saturated rings. The van der Waals surface area contributed by atoms with E-state index in [0.717, 1.165) is 0 Å². The Morgan fingerprint density at radius 3 is 1.53 bits per heavy atom. The Hall–Kier alpha value is -1.96. The molecule has 0 N–H and O–H groups in total. The first kappa shape index (κ1) is 39.5. The average Bonchev–Trinajstić information content (AvgIpc) is 3.62. The molecule has 1 atom stereocenters. The molecule has 4 aromatic rings. The van der Waals surface area contributed by atoms with E-state index in [0.29, 0.717) is 5.92 Å². The zero-order valence-electron chi connectivity index (χ0n) is 30.3. The van der Waals surface area contributed by atoms with Crippen LogP contribution in [0.5, 0.6) is 0 Å². The van der Waals surface area contributed by atoms with E-state index in [4.69, 9.17) is 0 Å². The Morgan fingerprint density at radius 2 is 1.19 bits per heavy atom. The van der Waals surface area contributed by atoms with Crippen LogP contribution in [0.4, 0.5) is 0 Å². The molecule has 47 heavy (non-hydrogen) atoms. The monoisotopic (exact) mass is 754 g/mol. The van der Waals surface area contributed by atoms with Crippen LogP contribution in [-0.4, -0.2) is 11.8 Å². The van der Waals surface area contributed by atoms with Gasteiger partial charge in [0.05, 0.1) is 0 Å². The maximum atomic E-state index is 3.43. The van der Waals surface area contributed by atoms with Gasteiger partial charge in [-0.1, -0.05) is 103 Å². The van der Waals surface area contributed by atoms with Crippen LogP contribution in [0.25, 0.3) is 32.7 Å². The summed E-state index contributed by atoms with van der Waals surface area (Å²) >= 11 is 1.47. The van der Waals surface area contributed by atoms with Crippen LogP contribution >= 0.6 is 0 Å². The third-order valence-corrected chi connectivity index (χ3v) is 12.7. The quantitative estimate of drug-likeness (QED) is 0.174.